The molecule has 13 nitrogen and oxygen atoms in total. The predicted molar refractivity (Wildman–Crippen MR) is 85.0 cm³/mol. The second-order valence-corrected chi connectivity index (χ2v) is 4.92. The van der Waals surface area contributed by atoms with Gasteiger partial charge in [-0.15, -0.1) is 0 Å². The highest BCUT2D eigenvalue weighted by Gasteiger charge is 2.17. The number of nitrogens with zero attached hydrogens (tertiary/aromatic N) is 2. The molecule has 0 fully saturated rings. The first-order valence-corrected chi connectivity index (χ1v) is 7.16. The molecule has 0 heterocycles. The fourth-order valence-electron chi connectivity index (χ4n) is 1.63. The standard InChI is InChI=1S/C10H16N2O8.C3H7NO2/c13-7(14)3-11(4-8(15)16)1-2-12(5-9(17)18)6-10(19)20;1-4-2-3(5)6/h1-6H2,(H,13,14)(H,15,16)(H,17,18)(H,19,20);4H,2H2,1H3,(H,5,6). The van der Waals surface area contributed by atoms with Crippen molar-refractivity contribution >= 4 is 29.8 Å². The summed E-state index contributed by atoms with van der Waals surface area (Å²) in [6, 6.07) is 0. The van der Waals surface area contributed by atoms with Crippen LogP contribution in [0.1, 0.15) is 0 Å². The number of likely N-dealkylation sites (N-methyl/N-ethyl adjacent to an activating group) is 1. The van der Waals surface area contributed by atoms with Gasteiger partial charge >= 0.3 is 29.8 Å². The molecule has 0 saturated carbocycles. The maximum absolute atomic E-state index is 10.6. The fraction of sp³-hybridized carbons (Fsp3) is 0.615. The Balaban J connectivity index is 0. The van der Waals surface area contributed by atoms with Crippen LogP contribution in [-0.2, 0) is 24.0 Å². The summed E-state index contributed by atoms with van der Waals surface area (Å²) in [5.74, 6) is -5.73. The lowest BCUT2D eigenvalue weighted by Crippen LogP contribution is -2.43. The van der Waals surface area contributed by atoms with Gasteiger partial charge in [0.1, 0.15) is 0 Å². The van der Waals surface area contributed by atoms with E-state index >= 15 is 0 Å². The Morgan fingerprint density at radius 2 is 0.885 bits per heavy atom. The van der Waals surface area contributed by atoms with E-state index in [4.69, 9.17) is 25.5 Å². The molecule has 0 aliphatic heterocycles. The minimum atomic E-state index is -1.23. The number of carboxylic acid groups (broad SMARTS) is 5. The first-order valence-electron chi connectivity index (χ1n) is 7.16. The lowest BCUT2D eigenvalue weighted by atomic mass is 10.4. The summed E-state index contributed by atoms with van der Waals surface area (Å²) in [6.07, 6.45) is 0. The van der Waals surface area contributed by atoms with Crippen LogP contribution in [0.4, 0.5) is 0 Å². The molecule has 0 rings (SSSR count). The van der Waals surface area contributed by atoms with Gasteiger partial charge in [-0.25, -0.2) is 0 Å². The lowest BCUT2D eigenvalue weighted by Gasteiger charge is -2.23. The van der Waals surface area contributed by atoms with Gasteiger partial charge in [0, 0.05) is 13.1 Å². The molecule has 13 heteroatoms. The van der Waals surface area contributed by atoms with Crippen molar-refractivity contribution < 1.29 is 49.5 Å². The predicted octanol–water partition coefficient (Wildman–Crippen LogP) is -2.78. The first-order chi connectivity index (χ1) is 12.0. The molecule has 0 aliphatic carbocycles. The van der Waals surface area contributed by atoms with Gasteiger partial charge in [-0.05, 0) is 7.05 Å². The molecule has 6 N–H and O–H groups in total. The summed E-state index contributed by atoms with van der Waals surface area (Å²) in [5.41, 5.74) is 0. The highest BCUT2D eigenvalue weighted by Crippen LogP contribution is 1.94. The summed E-state index contributed by atoms with van der Waals surface area (Å²) in [6.45, 7) is -2.21. The van der Waals surface area contributed by atoms with Crippen molar-refractivity contribution in [2.24, 2.45) is 0 Å². The highest BCUT2D eigenvalue weighted by molar-refractivity contribution is 5.73. The van der Waals surface area contributed by atoms with Gasteiger partial charge in [-0.1, -0.05) is 0 Å². The average molecular weight is 381 g/mol. The van der Waals surface area contributed by atoms with Crippen LogP contribution in [0.2, 0.25) is 0 Å². The van der Waals surface area contributed by atoms with Crippen LogP contribution in [0.5, 0.6) is 0 Å². The van der Waals surface area contributed by atoms with Gasteiger partial charge in [0.2, 0.25) is 0 Å². The number of aliphatic carboxylic acids is 5. The third-order valence-electron chi connectivity index (χ3n) is 2.50. The number of nitrogens with one attached hydrogen (secondary N) is 1. The number of carbonyl (C=O) groups is 5. The lowest BCUT2D eigenvalue weighted by molar-refractivity contribution is -0.145. The van der Waals surface area contributed by atoms with Crippen molar-refractivity contribution in [1.29, 1.82) is 0 Å². The van der Waals surface area contributed by atoms with Crippen LogP contribution in [0.25, 0.3) is 0 Å². The van der Waals surface area contributed by atoms with Crippen LogP contribution in [0.3, 0.4) is 0 Å². The molecule has 150 valence electrons. The number of carboxylic acids is 5. The first kappa shape index (κ1) is 25.5. The van der Waals surface area contributed by atoms with Crippen LogP contribution in [-0.4, -0.2) is 118 Å². The van der Waals surface area contributed by atoms with Gasteiger partial charge in [0.15, 0.2) is 0 Å². The molecule has 0 spiro atoms. The zero-order valence-corrected chi connectivity index (χ0v) is 14.1. The van der Waals surface area contributed by atoms with Gasteiger partial charge in [-0.3, -0.25) is 33.8 Å². The van der Waals surface area contributed by atoms with Gasteiger partial charge in [0.25, 0.3) is 0 Å². The summed E-state index contributed by atoms with van der Waals surface area (Å²) in [7, 11) is 1.59. The van der Waals surface area contributed by atoms with Crippen molar-refractivity contribution in [3.8, 4) is 0 Å². The third-order valence-corrected chi connectivity index (χ3v) is 2.50. The topological polar surface area (TPSA) is 205 Å². The van der Waals surface area contributed by atoms with E-state index in [1.807, 2.05) is 0 Å². The van der Waals surface area contributed by atoms with Crippen molar-refractivity contribution in [1.82, 2.24) is 15.1 Å². The maximum atomic E-state index is 10.6. The van der Waals surface area contributed by atoms with Crippen LogP contribution >= 0.6 is 0 Å². The Hall–Kier alpha value is -2.77. The minimum absolute atomic E-state index is 0.0417. The molecule has 0 aromatic rings. The Bertz CT molecular complexity index is 429. The average Bonchev–Trinajstić information content (AvgIpc) is 2.42. The van der Waals surface area contributed by atoms with E-state index in [0.29, 0.717) is 0 Å². The van der Waals surface area contributed by atoms with Crippen LogP contribution in [0.15, 0.2) is 0 Å². The van der Waals surface area contributed by atoms with Crippen LogP contribution < -0.4 is 5.32 Å². The molecule has 0 radical (unpaired) electrons. The second-order valence-electron chi connectivity index (χ2n) is 4.92. The highest BCUT2D eigenvalue weighted by atomic mass is 16.4. The second kappa shape index (κ2) is 14.6. The molecule has 0 saturated heterocycles. The largest absolute Gasteiger partial charge is 0.480 e. The SMILES string of the molecule is CNCC(=O)O.O=C(O)CN(CCN(CC(=O)O)CC(=O)O)CC(=O)O. The summed E-state index contributed by atoms with van der Waals surface area (Å²) in [4.78, 5) is 53.9. The van der Waals surface area contributed by atoms with Crippen molar-refractivity contribution in [2.45, 2.75) is 0 Å². The smallest absolute Gasteiger partial charge is 0.317 e. The summed E-state index contributed by atoms with van der Waals surface area (Å²) >= 11 is 0. The zero-order chi connectivity index (χ0) is 20.7. The van der Waals surface area contributed by atoms with E-state index in [-0.39, 0.29) is 19.6 Å². The molecule has 0 amide bonds. The molecule has 0 atom stereocenters. The van der Waals surface area contributed by atoms with E-state index in [0.717, 1.165) is 9.80 Å². The van der Waals surface area contributed by atoms with Crippen molar-refractivity contribution in [3.63, 3.8) is 0 Å². The summed E-state index contributed by atoms with van der Waals surface area (Å²) < 4.78 is 0. The molecular weight excluding hydrogens is 358 g/mol. The van der Waals surface area contributed by atoms with Crippen molar-refractivity contribution in [3.05, 3.63) is 0 Å². The molecule has 0 aromatic heterocycles. The number of hydrogen-bond acceptors (Lipinski definition) is 8. The van der Waals surface area contributed by atoms with Crippen LogP contribution in [0, 0.1) is 0 Å². The Labute approximate surface area is 148 Å². The van der Waals surface area contributed by atoms with Gasteiger partial charge in [0.05, 0.1) is 32.7 Å². The van der Waals surface area contributed by atoms with E-state index in [9.17, 15) is 24.0 Å². The molecule has 0 unspecified atom stereocenters. The quantitative estimate of drug-likeness (QED) is 0.191. The minimum Gasteiger partial charge on any atom is -0.480 e. The zero-order valence-electron chi connectivity index (χ0n) is 14.1. The molecule has 26 heavy (non-hydrogen) atoms. The third kappa shape index (κ3) is 19.3. The van der Waals surface area contributed by atoms with Gasteiger partial charge in [-0.2, -0.15) is 0 Å². The van der Waals surface area contributed by atoms with Gasteiger partial charge < -0.3 is 30.8 Å². The monoisotopic (exact) mass is 381 g/mol. The van der Waals surface area contributed by atoms with E-state index in [2.05, 4.69) is 5.32 Å². The van der Waals surface area contributed by atoms with E-state index in [1.54, 1.807) is 7.05 Å². The van der Waals surface area contributed by atoms with E-state index < -0.39 is 56.0 Å². The van der Waals surface area contributed by atoms with E-state index in [1.165, 1.54) is 0 Å². The molecule has 0 bridgehead atoms. The molecule has 0 aliphatic rings. The molecular formula is C13H23N3O10. The fourth-order valence-corrected chi connectivity index (χ4v) is 1.63. The Morgan fingerprint density at radius 1 is 0.615 bits per heavy atom. The summed E-state index contributed by atoms with van der Waals surface area (Å²) in [5, 5.41) is 44.8. The maximum Gasteiger partial charge on any atom is 0.317 e. The van der Waals surface area contributed by atoms with Crippen molar-refractivity contribution in [2.75, 3.05) is 52.9 Å². The Morgan fingerprint density at radius 3 is 1.00 bits per heavy atom. The Kier molecular flexibility index (Phi) is 14.3. The normalized spacial score (nSPS) is 10.1. The molecule has 0 aromatic carbocycles. The number of hydrogen-bond donors (Lipinski definition) is 6. The number of rotatable bonds is 13.